The van der Waals surface area contributed by atoms with Crippen LogP contribution in [0.5, 0.6) is 11.5 Å². The van der Waals surface area contributed by atoms with Crippen molar-refractivity contribution in [2.24, 2.45) is 0 Å². The van der Waals surface area contributed by atoms with E-state index in [1.165, 1.54) is 25.7 Å². The number of para-hydroxylation sites is 2. The van der Waals surface area contributed by atoms with Crippen LogP contribution in [0, 0.1) is 0 Å². The van der Waals surface area contributed by atoms with Gasteiger partial charge in [0.05, 0.1) is 0 Å². The monoisotopic (exact) mass is 256 g/mol. The second-order valence-electron chi connectivity index (χ2n) is 4.44. The van der Waals surface area contributed by atoms with Crippen LogP contribution in [0.3, 0.4) is 0 Å². The fourth-order valence-corrected chi connectivity index (χ4v) is 1.61. The molecule has 0 unspecified atom stereocenters. The first-order valence-corrected chi connectivity index (χ1v) is 7.14. The van der Waals surface area contributed by atoms with Gasteiger partial charge in [-0.2, -0.15) is 0 Å². The normalized spacial score (nSPS) is 9.37. The number of hydrogen-bond acceptors (Lipinski definition) is 1. The zero-order valence-corrected chi connectivity index (χ0v) is 12.0. The first kappa shape index (κ1) is 15.3. The van der Waals surface area contributed by atoms with Gasteiger partial charge in [-0.1, -0.05) is 75.9 Å². The van der Waals surface area contributed by atoms with Gasteiger partial charge in [-0.15, -0.1) is 0 Å². The first-order chi connectivity index (χ1) is 9.36. The Hall–Kier alpha value is -1.76. The summed E-state index contributed by atoms with van der Waals surface area (Å²) in [6, 6.07) is 19.5. The van der Waals surface area contributed by atoms with E-state index in [-0.39, 0.29) is 0 Å². The van der Waals surface area contributed by atoms with E-state index in [9.17, 15) is 0 Å². The molecule has 0 spiro atoms. The molecule has 1 nitrogen and oxygen atoms in total. The lowest BCUT2D eigenvalue weighted by atomic mass is 10.2. The van der Waals surface area contributed by atoms with E-state index in [0.717, 1.165) is 11.5 Å². The molecule has 0 bridgehead atoms. The van der Waals surface area contributed by atoms with Crippen molar-refractivity contribution in [1.29, 1.82) is 0 Å². The molecule has 0 amide bonds. The highest BCUT2D eigenvalue weighted by Gasteiger charge is 1.92. The summed E-state index contributed by atoms with van der Waals surface area (Å²) in [5, 5.41) is 0. The van der Waals surface area contributed by atoms with Gasteiger partial charge < -0.3 is 4.74 Å². The van der Waals surface area contributed by atoms with E-state index in [4.69, 9.17) is 4.74 Å². The number of ether oxygens (including phenoxy) is 1. The van der Waals surface area contributed by atoms with Crippen LogP contribution in [0.15, 0.2) is 60.7 Å². The minimum Gasteiger partial charge on any atom is -0.457 e. The first-order valence-electron chi connectivity index (χ1n) is 7.14. The van der Waals surface area contributed by atoms with E-state index in [0.29, 0.717) is 0 Å². The molecule has 2 aromatic rings. The third kappa shape index (κ3) is 7.30. The van der Waals surface area contributed by atoms with E-state index >= 15 is 0 Å². The highest BCUT2D eigenvalue weighted by molar-refractivity contribution is 5.30. The standard InChI is InChI=1S/C12H10O.C6H14/c1-3-7-11(8-4-1)13-12-9-5-2-6-10-12;1-3-5-6-4-2/h1-10H;3-6H2,1-2H3. The Morgan fingerprint density at radius 3 is 1.32 bits per heavy atom. The van der Waals surface area contributed by atoms with Crippen LogP contribution in [-0.4, -0.2) is 0 Å². The van der Waals surface area contributed by atoms with Crippen molar-refractivity contribution in [3.05, 3.63) is 60.7 Å². The van der Waals surface area contributed by atoms with Crippen LogP contribution >= 0.6 is 0 Å². The molecule has 0 aliphatic carbocycles. The summed E-state index contributed by atoms with van der Waals surface area (Å²) in [5.74, 6) is 1.74. The molecule has 0 aliphatic rings. The molecule has 0 saturated carbocycles. The molecule has 0 atom stereocenters. The summed E-state index contributed by atoms with van der Waals surface area (Å²) in [4.78, 5) is 0. The average Bonchev–Trinajstić information content (AvgIpc) is 2.48. The molecule has 0 heterocycles. The smallest absolute Gasteiger partial charge is 0.127 e. The zero-order chi connectivity index (χ0) is 13.8. The van der Waals surface area contributed by atoms with E-state index < -0.39 is 0 Å². The quantitative estimate of drug-likeness (QED) is 0.590. The van der Waals surface area contributed by atoms with Crippen molar-refractivity contribution in [2.45, 2.75) is 39.5 Å². The van der Waals surface area contributed by atoms with E-state index in [2.05, 4.69) is 13.8 Å². The van der Waals surface area contributed by atoms with Crippen LogP contribution in [0.25, 0.3) is 0 Å². The molecular weight excluding hydrogens is 232 g/mol. The molecule has 102 valence electrons. The Kier molecular flexibility index (Phi) is 8.20. The van der Waals surface area contributed by atoms with E-state index in [1.54, 1.807) is 0 Å². The molecular formula is C18H24O. The second kappa shape index (κ2) is 10.2. The molecule has 1 heteroatoms. The summed E-state index contributed by atoms with van der Waals surface area (Å²) in [7, 11) is 0. The lowest BCUT2D eigenvalue weighted by Crippen LogP contribution is -1.81. The SMILES string of the molecule is CCCCCC.c1ccc(Oc2ccccc2)cc1. The van der Waals surface area contributed by atoms with Gasteiger partial charge in [-0.25, -0.2) is 0 Å². The summed E-state index contributed by atoms with van der Waals surface area (Å²) >= 11 is 0. The second-order valence-corrected chi connectivity index (χ2v) is 4.44. The topological polar surface area (TPSA) is 9.23 Å². The van der Waals surface area contributed by atoms with Crippen LogP contribution in [0.4, 0.5) is 0 Å². The predicted molar refractivity (Wildman–Crippen MR) is 82.8 cm³/mol. The fourth-order valence-electron chi connectivity index (χ4n) is 1.61. The minimum absolute atomic E-state index is 0.869. The Morgan fingerprint density at radius 1 is 0.632 bits per heavy atom. The molecule has 19 heavy (non-hydrogen) atoms. The summed E-state index contributed by atoms with van der Waals surface area (Å²) < 4.78 is 5.58. The third-order valence-electron chi connectivity index (χ3n) is 2.68. The number of unbranched alkanes of at least 4 members (excludes halogenated alkanes) is 3. The van der Waals surface area contributed by atoms with Gasteiger partial charge in [-0.05, 0) is 24.3 Å². The van der Waals surface area contributed by atoms with Crippen molar-refractivity contribution >= 4 is 0 Å². The maximum Gasteiger partial charge on any atom is 0.127 e. The van der Waals surface area contributed by atoms with Gasteiger partial charge in [-0.3, -0.25) is 0 Å². The number of benzene rings is 2. The maximum atomic E-state index is 5.58. The Morgan fingerprint density at radius 2 is 1.00 bits per heavy atom. The molecule has 0 fully saturated rings. The molecule has 0 saturated heterocycles. The van der Waals surface area contributed by atoms with Crippen LogP contribution in [-0.2, 0) is 0 Å². The van der Waals surface area contributed by atoms with Crippen LogP contribution in [0.2, 0.25) is 0 Å². The maximum absolute atomic E-state index is 5.58. The van der Waals surface area contributed by atoms with Crippen molar-refractivity contribution in [2.75, 3.05) is 0 Å². The number of rotatable bonds is 5. The van der Waals surface area contributed by atoms with Crippen molar-refractivity contribution in [3.63, 3.8) is 0 Å². The molecule has 0 radical (unpaired) electrons. The van der Waals surface area contributed by atoms with Crippen molar-refractivity contribution in [1.82, 2.24) is 0 Å². The van der Waals surface area contributed by atoms with Crippen molar-refractivity contribution in [3.8, 4) is 11.5 Å². The molecule has 2 rings (SSSR count). The van der Waals surface area contributed by atoms with Crippen LogP contribution < -0.4 is 4.74 Å². The van der Waals surface area contributed by atoms with Crippen LogP contribution in [0.1, 0.15) is 39.5 Å². The molecule has 0 aliphatic heterocycles. The Balaban J connectivity index is 0.000000258. The average molecular weight is 256 g/mol. The lowest BCUT2D eigenvalue weighted by Gasteiger charge is -2.03. The van der Waals surface area contributed by atoms with Crippen molar-refractivity contribution < 1.29 is 4.74 Å². The number of hydrogen-bond donors (Lipinski definition) is 0. The molecule has 2 aromatic carbocycles. The minimum atomic E-state index is 0.869. The van der Waals surface area contributed by atoms with Gasteiger partial charge in [0, 0.05) is 0 Å². The van der Waals surface area contributed by atoms with Gasteiger partial charge in [0.2, 0.25) is 0 Å². The van der Waals surface area contributed by atoms with Gasteiger partial charge in [0.15, 0.2) is 0 Å². The molecule has 0 N–H and O–H groups in total. The van der Waals surface area contributed by atoms with Gasteiger partial charge >= 0.3 is 0 Å². The lowest BCUT2D eigenvalue weighted by molar-refractivity contribution is 0.482. The highest BCUT2D eigenvalue weighted by atomic mass is 16.5. The zero-order valence-electron chi connectivity index (χ0n) is 12.0. The summed E-state index contributed by atoms with van der Waals surface area (Å²) in [5.41, 5.74) is 0. The summed E-state index contributed by atoms with van der Waals surface area (Å²) in [6.07, 6.45) is 5.54. The van der Waals surface area contributed by atoms with Gasteiger partial charge in [0.1, 0.15) is 11.5 Å². The van der Waals surface area contributed by atoms with Gasteiger partial charge in [0.25, 0.3) is 0 Å². The Labute approximate surface area is 117 Å². The molecule has 0 aromatic heterocycles. The largest absolute Gasteiger partial charge is 0.457 e. The predicted octanol–water partition coefficient (Wildman–Crippen LogP) is 6.07. The highest BCUT2D eigenvalue weighted by Crippen LogP contribution is 2.19. The third-order valence-corrected chi connectivity index (χ3v) is 2.68. The van der Waals surface area contributed by atoms with E-state index in [1.807, 2.05) is 60.7 Å². The fraction of sp³-hybridized carbons (Fsp3) is 0.333. The summed E-state index contributed by atoms with van der Waals surface area (Å²) in [6.45, 7) is 4.46. The Bertz CT molecular complexity index is 367.